The van der Waals surface area contributed by atoms with Crippen molar-refractivity contribution in [2.45, 2.75) is 33.6 Å². The molecular weight excluding hydrogens is 256 g/mol. The number of carbonyl (C=O) groups is 1. The molecule has 2 rings (SSSR count). The number of rotatable bonds is 5. The average Bonchev–Trinajstić information content (AvgIpc) is 2.48. The van der Waals surface area contributed by atoms with Crippen molar-refractivity contribution < 1.29 is 6.22 Å². The minimum atomic E-state index is 0. The van der Waals surface area contributed by atoms with Crippen molar-refractivity contribution in [1.82, 2.24) is 0 Å². The summed E-state index contributed by atoms with van der Waals surface area (Å²) in [5, 5.41) is 0. The zero-order chi connectivity index (χ0) is 15.2. The molecule has 0 atom stereocenters. The Hall–Kier alpha value is -2.15. The van der Waals surface area contributed by atoms with Crippen molar-refractivity contribution in [3.63, 3.8) is 0 Å². The first-order valence-corrected chi connectivity index (χ1v) is 7.46. The summed E-state index contributed by atoms with van der Waals surface area (Å²) < 4.78 is 0. The largest absolute Gasteiger partial charge is 0.295 e. The molecule has 0 aliphatic carbocycles. The molecule has 1 nitrogen and oxygen atoms in total. The van der Waals surface area contributed by atoms with E-state index in [0.717, 1.165) is 18.4 Å². The Balaban J connectivity index is 0.00000242. The van der Waals surface area contributed by atoms with Crippen LogP contribution in [-0.4, -0.2) is 5.78 Å². The van der Waals surface area contributed by atoms with Crippen LogP contribution in [0.15, 0.2) is 54.6 Å². The third-order valence-electron chi connectivity index (χ3n) is 3.70. The maximum atomic E-state index is 11.3. The number of hydrogen-bond acceptors (Lipinski definition) is 1. The van der Waals surface area contributed by atoms with Crippen molar-refractivity contribution in [2.75, 3.05) is 0 Å². The van der Waals surface area contributed by atoms with Gasteiger partial charge in [-0.15, -0.1) is 0 Å². The minimum absolute atomic E-state index is 0. The van der Waals surface area contributed by atoms with Gasteiger partial charge in [0.25, 0.3) is 0 Å². The summed E-state index contributed by atoms with van der Waals surface area (Å²) in [5.74, 6) is 0.116. The molecule has 110 valence electrons. The van der Waals surface area contributed by atoms with Gasteiger partial charge >= 0.3 is 0 Å². The Morgan fingerprint density at radius 3 is 2.33 bits per heavy atom. The normalized spacial score (nSPS) is 11.5. The standard InChI is InChI=1S/C20H22O.H2/c1-4-7-19(20-9-6-5-8-15(20)2)14-17-10-12-18(13-11-17)16(3)21;/h5-13H,4,14H2,1-3H3;1H/b19-7-;. The molecule has 0 aromatic heterocycles. The molecule has 21 heavy (non-hydrogen) atoms. The smallest absolute Gasteiger partial charge is 0.159 e. The number of allylic oxidation sites excluding steroid dienone is 2. The van der Waals surface area contributed by atoms with Gasteiger partial charge < -0.3 is 0 Å². The van der Waals surface area contributed by atoms with Gasteiger partial charge in [0.1, 0.15) is 0 Å². The predicted molar refractivity (Wildman–Crippen MR) is 91.7 cm³/mol. The summed E-state index contributed by atoms with van der Waals surface area (Å²) in [7, 11) is 0. The molecule has 0 bridgehead atoms. The van der Waals surface area contributed by atoms with Crippen LogP contribution >= 0.6 is 0 Å². The van der Waals surface area contributed by atoms with Crippen LogP contribution < -0.4 is 0 Å². The van der Waals surface area contributed by atoms with Crippen LogP contribution in [0.3, 0.4) is 0 Å². The first-order valence-electron chi connectivity index (χ1n) is 7.46. The van der Waals surface area contributed by atoms with Crippen LogP contribution in [0.2, 0.25) is 0 Å². The highest BCUT2D eigenvalue weighted by Crippen LogP contribution is 2.23. The molecule has 0 aliphatic heterocycles. The van der Waals surface area contributed by atoms with Gasteiger partial charge in [-0.1, -0.05) is 61.5 Å². The molecule has 0 fully saturated rings. The van der Waals surface area contributed by atoms with E-state index < -0.39 is 0 Å². The van der Waals surface area contributed by atoms with E-state index in [-0.39, 0.29) is 7.21 Å². The molecule has 0 saturated heterocycles. The number of aryl methyl sites for hydroxylation is 1. The fourth-order valence-corrected chi connectivity index (χ4v) is 2.53. The van der Waals surface area contributed by atoms with E-state index in [9.17, 15) is 4.79 Å². The predicted octanol–water partition coefficient (Wildman–Crippen LogP) is 5.48. The Kier molecular flexibility index (Phi) is 5.10. The van der Waals surface area contributed by atoms with E-state index in [4.69, 9.17) is 0 Å². The summed E-state index contributed by atoms with van der Waals surface area (Å²) in [6, 6.07) is 16.4. The first kappa shape index (κ1) is 15.2. The highest BCUT2D eigenvalue weighted by molar-refractivity contribution is 5.94. The number of ketones is 1. The third-order valence-corrected chi connectivity index (χ3v) is 3.70. The second-order valence-electron chi connectivity index (χ2n) is 5.38. The van der Waals surface area contributed by atoms with E-state index >= 15 is 0 Å². The molecule has 2 aromatic rings. The molecular formula is C20H24O. The minimum Gasteiger partial charge on any atom is -0.295 e. The van der Waals surface area contributed by atoms with E-state index in [1.54, 1.807) is 6.92 Å². The zero-order valence-electron chi connectivity index (χ0n) is 13.0. The van der Waals surface area contributed by atoms with E-state index in [2.05, 4.69) is 56.3 Å². The van der Waals surface area contributed by atoms with Gasteiger partial charge in [-0.3, -0.25) is 4.79 Å². The molecule has 0 amide bonds. The van der Waals surface area contributed by atoms with Crippen LogP contribution in [0, 0.1) is 6.92 Å². The molecule has 0 unspecified atom stereocenters. The lowest BCUT2D eigenvalue weighted by Gasteiger charge is -2.11. The van der Waals surface area contributed by atoms with E-state index in [1.807, 2.05) is 12.1 Å². The van der Waals surface area contributed by atoms with Crippen LogP contribution in [0.1, 0.15) is 48.7 Å². The van der Waals surface area contributed by atoms with Gasteiger partial charge in [0.2, 0.25) is 0 Å². The lowest BCUT2D eigenvalue weighted by molar-refractivity contribution is 0.101. The maximum absolute atomic E-state index is 11.3. The number of carbonyl (C=O) groups excluding carboxylic acids is 1. The molecule has 0 heterocycles. The summed E-state index contributed by atoms with van der Waals surface area (Å²) in [5.41, 5.74) is 5.98. The lowest BCUT2D eigenvalue weighted by Crippen LogP contribution is -1.96. The zero-order valence-corrected chi connectivity index (χ0v) is 13.0. The van der Waals surface area contributed by atoms with Crippen LogP contribution in [-0.2, 0) is 6.42 Å². The van der Waals surface area contributed by atoms with Crippen molar-refractivity contribution in [2.24, 2.45) is 0 Å². The fourth-order valence-electron chi connectivity index (χ4n) is 2.53. The van der Waals surface area contributed by atoms with Crippen LogP contribution in [0.4, 0.5) is 0 Å². The molecule has 0 saturated carbocycles. The maximum Gasteiger partial charge on any atom is 0.159 e. The summed E-state index contributed by atoms with van der Waals surface area (Å²) >= 11 is 0. The van der Waals surface area contributed by atoms with Gasteiger partial charge in [0, 0.05) is 6.99 Å². The van der Waals surface area contributed by atoms with Crippen molar-refractivity contribution in [1.29, 1.82) is 0 Å². The summed E-state index contributed by atoms with van der Waals surface area (Å²) in [4.78, 5) is 11.3. The van der Waals surface area contributed by atoms with Crippen molar-refractivity contribution in [3.8, 4) is 0 Å². The Morgan fingerprint density at radius 2 is 1.76 bits per heavy atom. The van der Waals surface area contributed by atoms with E-state index in [0.29, 0.717) is 0 Å². The van der Waals surface area contributed by atoms with Gasteiger partial charge in [-0.05, 0) is 49.0 Å². The van der Waals surface area contributed by atoms with Crippen molar-refractivity contribution in [3.05, 3.63) is 76.9 Å². The van der Waals surface area contributed by atoms with Gasteiger partial charge in [0.05, 0.1) is 0 Å². The molecule has 0 aliphatic rings. The van der Waals surface area contributed by atoms with Gasteiger partial charge in [-0.25, -0.2) is 0 Å². The SMILES string of the molecule is CC/C=C(/Cc1ccc(C(C)=O)cc1)c1ccccc1C.[HH]. The van der Waals surface area contributed by atoms with Gasteiger partial charge in [0.15, 0.2) is 5.78 Å². The quantitative estimate of drug-likeness (QED) is 0.663. The Bertz CT molecular complexity index is 654. The van der Waals surface area contributed by atoms with Gasteiger partial charge in [-0.2, -0.15) is 0 Å². The Labute approximate surface area is 128 Å². The average molecular weight is 280 g/mol. The monoisotopic (exact) mass is 280 g/mol. The molecule has 2 aromatic carbocycles. The second-order valence-corrected chi connectivity index (χ2v) is 5.38. The summed E-state index contributed by atoms with van der Waals surface area (Å²) in [6.07, 6.45) is 4.22. The fraction of sp³-hybridized carbons (Fsp3) is 0.250. The van der Waals surface area contributed by atoms with Crippen LogP contribution in [0.25, 0.3) is 5.57 Å². The molecule has 0 spiro atoms. The molecule has 1 heteroatoms. The Morgan fingerprint density at radius 1 is 1.10 bits per heavy atom. The van der Waals surface area contributed by atoms with Crippen LogP contribution in [0.5, 0.6) is 0 Å². The second kappa shape index (κ2) is 7.03. The number of Topliss-reactive ketones (excluding diaryl/α,β-unsaturated/α-hetero) is 1. The molecule has 0 N–H and O–H groups in total. The van der Waals surface area contributed by atoms with E-state index in [1.165, 1.54) is 22.3 Å². The summed E-state index contributed by atoms with van der Waals surface area (Å²) in [6.45, 7) is 5.92. The molecule has 0 radical (unpaired) electrons. The highest BCUT2D eigenvalue weighted by atomic mass is 16.1. The third kappa shape index (κ3) is 3.91. The highest BCUT2D eigenvalue weighted by Gasteiger charge is 2.06. The first-order chi connectivity index (χ1) is 10.1. The number of hydrogen-bond donors (Lipinski definition) is 0. The topological polar surface area (TPSA) is 17.1 Å². The lowest BCUT2D eigenvalue weighted by atomic mass is 9.93. The van der Waals surface area contributed by atoms with Crippen molar-refractivity contribution >= 4 is 11.4 Å². The number of benzene rings is 2.